The van der Waals surface area contributed by atoms with Crippen molar-refractivity contribution < 1.29 is 73.2 Å². The monoisotopic (exact) mass is 1000 g/mol. The van der Waals surface area contributed by atoms with Gasteiger partial charge in [0.1, 0.15) is 47.9 Å². The largest absolute Gasteiger partial charge is 0.507 e. The van der Waals surface area contributed by atoms with Gasteiger partial charge in [0.2, 0.25) is 5.78 Å². The standard InChI is InChI=1S/C52H56N6O15/c1-24-28-14-16-32(53)33(17-15-29(28)44(58-57-24)34-8-4-5-18-54-34)55-51(67)72-27-12-10-26(11-13-27)23-70-50(66)56-35-19-39(71-25(2)45(35)61)73-37-21-52(68,38(60)22-59)20-31-41(37)49(65)43-42(47(31)63)46(62)30-7-6-9-36(69-3)40(30)48(43)64/h4-13,18,25,28-29,32-33,35,37,39,45,59,61,63,65,68H,14-17,19-23,53H2,1-3H3,(H,55,67)(H,56,66)/t25?,28?,29?,32?,33?,35-,37+,39+,45-,52+/m1/s1. The molecule has 3 heterocycles. The Labute approximate surface area is 418 Å². The smallest absolute Gasteiger partial charge is 0.412 e. The number of aromatic nitrogens is 1. The third-order valence-electron chi connectivity index (χ3n) is 14.6. The maximum absolute atomic E-state index is 14.0. The van der Waals surface area contributed by atoms with Crippen molar-refractivity contribution in [1.29, 1.82) is 0 Å². The van der Waals surface area contributed by atoms with Crippen molar-refractivity contribution >= 4 is 41.0 Å². The molecule has 10 atom stereocenters. The van der Waals surface area contributed by atoms with E-state index in [-0.39, 0.29) is 70.7 Å². The summed E-state index contributed by atoms with van der Waals surface area (Å²) in [6.45, 7) is 2.16. The molecule has 1 saturated carbocycles. The number of rotatable bonds is 11. The number of hydrogen-bond acceptors (Lipinski definition) is 19. The summed E-state index contributed by atoms with van der Waals surface area (Å²) in [5.74, 6) is -3.75. The number of nitrogens with one attached hydrogen (secondary N) is 2. The van der Waals surface area contributed by atoms with E-state index in [1.165, 1.54) is 32.2 Å². The number of carbonyl (C=O) groups is 5. The summed E-state index contributed by atoms with van der Waals surface area (Å²) in [7, 11) is 1.30. The van der Waals surface area contributed by atoms with Gasteiger partial charge in [0, 0.05) is 71.8 Å². The van der Waals surface area contributed by atoms with Crippen LogP contribution >= 0.6 is 0 Å². The van der Waals surface area contributed by atoms with Crippen LogP contribution in [-0.2, 0) is 32.0 Å². The molecule has 21 heteroatoms. The predicted octanol–water partition coefficient (Wildman–Crippen LogP) is 3.83. The van der Waals surface area contributed by atoms with Crippen LogP contribution in [-0.4, -0.2) is 127 Å². The SMILES string of the molecule is COc1cccc2c1C(=O)c1c(O)c3c(c(O)c1C2=O)C[C@@](O)(C(=O)CO)C[C@@H]3O[C@H]1C[C@@H](NC(=O)OCc2ccc(OC(=O)NC3CCC4C(c5ccccn5)=NN=C(C)C4CCC3N)cc2)[C@H](O)C(C)O1. The van der Waals surface area contributed by atoms with Gasteiger partial charge in [-0.15, -0.1) is 0 Å². The molecule has 5 unspecified atom stereocenters. The van der Waals surface area contributed by atoms with Crippen molar-refractivity contribution in [2.45, 2.75) is 114 Å². The van der Waals surface area contributed by atoms with Crippen molar-refractivity contribution in [2.75, 3.05) is 13.7 Å². The van der Waals surface area contributed by atoms with Crippen molar-refractivity contribution in [2.24, 2.45) is 27.8 Å². The molecule has 2 aliphatic heterocycles. The van der Waals surface area contributed by atoms with Crippen LogP contribution in [0.5, 0.6) is 23.0 Å². The highest BCUT2D eigenvalue weighted by atomic mass is 16.7. The third kappa shape index (κ3) is 9.90. The minimum absolute atomic E-state index is 0.0438. The minimum atomic E-state index is -2.38. The number of pyridine rings is 1. The molecule has 21 nitrogen and oxygen atoms in total. The zero-order valence-electron chi connectivity index (χ0n) is 40.1. The molecule has 1 aromatic heterocycles. The number of carbonyl (C=O) groups excluding carboxylic acids is 5. The van der Waals surface area contributed by atoms with Crippen molar-refractivity contribution in [3.63, 3.8) is 0 Å². The van der Waals surface area contributed by atoms with Gasteiger partial charge < -0.3 is 65.6 Å². The Balaban J connectivity index is 0.824. The second-order valence-electron chi connectivity index (χ2n) is 19.1. The molecule has 1 saturated heterocycles. The number of amides is 2. The second-order valence-corrected chi connectivity index (χ2v) is 19.1. The minimum Gasteiger partial charge on any atom is -0.507 e. The lowest BCUT2D eigenvalue weighted by molar-refractivity contribution is -0.249. The van der Waals surface area contributed by atoms with Crippen LogP contribution in [0.2, 0.25) is 0 Å². The number of nitrogens with zero attached hydrogens (tertiary/aromatic N) is 3. The number of phenolic OH excluding ortho intramolecular Hbond substituents is 2. The molecule has 3 aromatic carbocycles. The Morgan fingerprint density at radius 3 is 2.34 bits per heavy atom. The topological polar surface area (TPSA) is 320 Å². The van der Waals surface area contributed by atoms with Gasteiger partial charge in [-0.25, -0.2) is 9.59 Å². The van der Waals surface area contributed by atoms with Crippen LogP contribution in [0.3, 0.4) is 0 Å². The molecule has 2 amide bonds. The molecular formula is C52H56N6O15. The molecule has 0 spiro atoms. The Hall–Kier alpha value is -7.14. The first-order valence-corrected chi connectivity index (χ1v) is 24.0. The molecule has 9 rings (SSSR count). The Morgan fingerprint density at radius 1 is 0.877 bits per heavy atom. The van der Waals surface area contributed by atoms with Crippen LogP contribution in [0.15, 0.2) is 77.1 Å². The number of hydrogen-bond donors (Lipinski definition) is 8. The average Bonchev–Trinajstić information content (AvgIpc) is 3.37. The van der Waals surface area contributed by atoms with Gasteiger partial charge in [0.15, 0.2) is 17.9 Å². The fourth-order valence-corrected chi connectivity index (χ4v) is 10.7. The maximum Gasteiger partial charge on any atom is 0.412 e. The first-order chi connectivity index (χ1) is 35.0. The summed E-state index contributed by atoms with van der Waals surface area (Å²) >= 11 is 0. The quantitative estimate of drug-likeness (QED) is 0.0872. The van der Waals surface area contributed by atoms with Crippen molar-refractivity contribution in [3.8, 4) is 23.0 Å². The van der Waals surface area contributed by atoms with Gasteiger partial charge in [-0.3, -0.25) is 19.4 Å². The van der Waals surface area contributed by atoms with E-state index < -0.39 is 108 Å². The number of benzene rings is 3. The van der Waals surface area contributed by atoms with E-state index in [4.69, 9.17) is 29.4 Å². The zero-order chi connectivity index (χ0) is 51.9. The lowest BCUT2D eigenvalue weighted by atomic mass is 9.72. The number of ether oxygens (including phenoxy) is 5. The van der Waals surface area contributed by atoms with E-state index in [0.717, 1.165) is 23.5 Å². The Kier molecular flexibility index (Phi) is 14.4. The summed E-state index contributed by atoms with van der Waals surface area (Å²) in [5.41, 5.74) is 5.45. The molecule has 384 valence electrons. The number of ketones is 3. The van der Waals surface area contributed by atoms with Gasteiger partial charge in [0.25, 0.3) is 0 Å². The van der Waals surface area contributed by atoms with E-state index in [0.29, 0.717) is 24.8 Å². The number of aromatic hydroxyl groups is 2. The van der Waals surface area contributed by atoms with E-state index in [2.05, 4.69) is 25.8 Å². The summed E-state index contributed by atoms with van der Waals surface area (Å²) in [4.78, 5) is 71.8. The molecular weight excluding hydrogens is 949 g/mol. The first kappa shape index (κ1) is 50.8. The Morgan fingerprint density at radius 2 is 1.62 bits per heavy atom. The van der Waals surface area contributed by atoms with Crippen molar-refractivity contribution in [1.82, 2.24) is 15.6 Å². The normalized spacial score (nSPS) is 27.5. The van der Waals surface area contributed by atoms with E-state index in [1.54, 1.807) is 30.5 Å². The lowest BCUT2D eigenvalue weighted by Crippen LogP contribution is -2.56. The summed E-state index contributed by atoms with van der Waals surface area (Å²) < 4.78 is 28.6. The lowest BCUT2D eigenvalue weighted by Gasteiger charge is -2.42. The molecule has 5 aliphatic rings. The van der Waals surface area contributed by atoms with E-state index >= 15 is 0 Å². The van der Waals surface area contributed by atoms with Gasteiger partial charge in [-0.2, -0.15) is 10.2 Å². The number of aliphatic hydroxyl groups is 3. The van der Waals surface area contributed by atoms with Crippen LogP contribution in [0.1, 0.15) is 113 Å². The number of nitrogens with two attached hydrogens (primary N) is 1. The number of Topliss-reactive ketones (excluding diaryl/α,β-unsaturated/α-hetero) is 1. The highest BCUT2D eigenvalue weighted by Crippen LogP contribution is 2.52. The van der Waals surface area contributed by atoms with Crippen LogP contribution in [0.4, 0.5) is 9.59 Å². The van der Waals surface area contributed by atoms with Gasteiger partial charge in [0.05, 0.1) is 53.5 Å². The fourth-order valence-electron chi connectivity index (χ4n) is 10.7. The summed E-state index contributed by atoms with van der Waals surface area (Å²) in [5, 5.41) is 70.6. The maximum atomic E-state index is 14.0. The highest BCUT2D eigenvalue weighted by molar-refractivity contribution is 6.31. The molecule has 0 bridgehead atoms. The third-order valence-corrected chi connectivity index (χ3v) is 14.6. The van der Waals surface area contributed by atoms with Crippen LogP contribution < -0.4 is 25.8 Å². The Bertz CT molecular complexity index is 2900. The fraction of sp³-hybridized carbons (Fsp3) is 0.423. The molecule has 0 radical (unpaired) electrons. The number of fused-ring (bicyclic) bond motifs is 4. The second kappa shape index (κ2) is 20.8. The molecule has 2 fully saturated rings. The molecule has 4 aromatic rings. The van der Waals surface area contributed by atoms with Crippen molar-refractivity contribution in [3.05, 3.63) is 111 Å². The predicted molar refractivity (Wildman–Crippen MR) is 258 cm³/mol. The first-order valence-electron chi connectivity index (χ1n) is 24.0. The number of methoxy groups -OCH3 is 1. The summed E-state index contributed by atoms with van der Waals surface area (Å²) in [6.07, 6.45) is -3.81. The van der Waals surface area contributed by atoms with Gasteiger partial charge in [-0.05, 0) is 75.4 Å². The number of aliphatic hydroxyl groups excluding tert-OH is 2. The number of phenols is 2. The van der Waals surface area contributed by atoms with Crippen LogP contribution in [0, 0.1) is 11.8 Å². The van der Waals surface area contributed by atoms with E-state index in [1.807, 2.05) is 25.1 Å². The molecule has 3 aliphatic carbocycles. The zero-order valence-corrected chi connectivity index (χ0v) is 40.1. The molecule has 9 N–H and O–H groups in total. The number of alkyl carbamates (subject to hydrolysis) is 1. The van der Waals surface area contributed by atoms with Gasteiger partial charge >= 0.3 is 12.2 Å². The summed E-state index contributed by atoms with van der Waals surface area (Å²) in [6, 6.07) is 14.5. The highest BCUT2D eigenvalue weighted by Gasteiger charge is 2.50. The van der Waals surface area contributed by atoms with E-state index in [9.17, 15) is 49.5 Å². The van der Waals surface area contributed by atoms with Crippen LogP contribution in [0.25, 0.3) is 0 Å². The average molecular weight is 1010 g/mol. The van der Waals surface area contributed by atoms with Gasteiger partial charge in [-0.1, -0.05) is 30.3 Å². The molecule has 73 heavy (non-hydrogen) atoms.